The van der Waals surface area contributed by atoms with Gasteiger partial charge < -0.3 is 69.5 Å². The molecule has 6 rings (SSSR count). The van der Waals surface area contributed by atoms with Crippen LogP contribution in [0.25, 0.3) is 10.6 Å². The Morgan fingerprint density at radius 2 is 1.68 bits per heavy atom. The van der Waals surface area contributed by atoms with E-state index in [9.17, 15) is 30.3 Å². The number of ether oxygens (including phenoxy) is 6. The van der Waals surface area contributed by atoms with Crippen LogP contribution >= 0.6 is 11.5 Å². The lowest BCUT2D eigenvalue weighted by Gasteiger charge is -2.48. The smallest absolute Gasteiger partial charge is 0.309 e. The second-order valence-electron chi connectivity index (χ2n) is 22.2. The maximum atomic E-state index is 14.5. The second-order valence-corrected chi connectivity index (χ2v) is 23.0. The van der Waals surface area contributed by atoms with Crippen molar-refractivity contribution in [2.75, 3.05) is 46.6 Å². The molecule has 3 fully saturated rings. The van der Waals surface area contributed by atoms with E-state index in [0.717, 1.165) is 28.2 Å². The summed E-state index contributed by atoms with van der Waals surface area (Å²) in [5.74, 6) is -2.82. The van der Waals surface area contributed by atoms with Gasteiger partial charge in [-0.1, -0.05) is 57.2 Å². The summed E-state index contributed by atoms with van der Waals surface area (Å²) in [7, 11) is 5.33. The number of aromatic nitrogens is 5. The maximum absolute atomic E-state index is 14.5. The topological polar surface area (TPSA) is 263 Å². The maximum Gasteiger partial charge on any atom is 0.309 e. The fourth-order valence-corrected chi connectivity index (χ4v) is 11.9. The molecule has 3 saturated heterocycles. The predicted molar refractivity (Wildman–Crippen MR) is 275 cm³/mol. The summed E-state index contributed by atoms with van der Waals surface area (Å²) in [5, 5.41) is 69.2. The highest BCUT2D eigenvalue weighted by molar-refractivity contribution is 7.09. The molecule has 0 spiro atoms. The Morgan fingerprint density at radius 1 is 0.986 bits per heavy atom. The van der Waals surface area contributed by atoms with Crippen LogP contribution in [0.4, 0.5) is 5.95 Å². The Balaban J connectivity index is 1.21. The molecule has 0 saturated carbocycles. The van der Waals surface area contributed by atoms with Crippen LogP contribution in [0.5, 0.6) is 0 Å². The molecule has 0 radical (unpaired) electrons. The third-order valence-electron chi connectivity index (χ3n) is 16.2. The number of carbonyl (C=O) groups is 1. The number of hydrogen-bond donors (Lipinski definition) is 6. The Kier molecular flexibility index (Phi) is 20.0. The van der Waals surface area contributed by atoms with Gasteiger partial charge >= 0.3 is 5.97 Å². The number of aliphatic hydroxyl groups is 5. The van der Waals surface area contributed by atoms with Gasteiger partial charge in [-0.2, -0.15) is 9.36 Å². The number of esters is 1. The molecule has 1 aromatic carbocycles. The highest BCUT2D eigenvalue weighted by Crippen LogP contribution is 2.40. The molecule has 73 heavy (non-hydrogen) atoms. The number of likely N-dealkylation sites (N-methyl/N-ethyl adjacent to an activating group) is 2. The molecule has 0 aliphatic carbocycles. The van der Waals surface area contributed by atoms with Crippen LogP contribution in [0, 0.1) is 23.7 Å². The molecule has 20 nitrogen and oxygen atoms in total. The monoisotopic (exact) mass is 1050 g/mol. The van der Waals surface area contributed by atoms with Crippen molar-refractivity contribution in [2.45, 2.75) is 199 Å². The largest absolute Gasteiger partial charge is 0.459 e. The number of hydrogen-bond acceptors (Lipinski definition) is 20. The van der Waals surface area contributed by atoms with Crippen LogP contribution in [-0.2, 0) is 52.6 Å². The van der Waals surface area contributed by atoms with Crippen molar-refractivity contribution >= 4 is 23.5 Å². The molecule has 3 aliphatic heterocycles. The van der Waals surface area contributed by atoms with E-state index in [1.165, 1.54) is 25.6 Å². The molecule has 3 aromatic rings. The summed E-state index contributed by atoms with van der Waals surface area (Å²) in [6.07, 6.45) is -3.99. The van der Waals surface area contributed by atoms with Crippen molar-refractivity contribution in [1.29, 1.82) is 0 Å². The number of cyclic esters (lactones) is 1. The molecule has 21 heteroatoms. The van der Waals surface area contributed by atoms with Gasteiger partial charge in [0.15, 0.2) is 12.6 Å². The number of nitrogens with two attached hydrogens (primary N) is 1. The van der Waals surface area contributed by atoms with E-state index in [1.54, 1.807) is 34.6 Å². The van der Waals surface area contributed by atoms with E-state index in [2.05, 4.69) is 36.7 Å². The van der Waals surface area contributed by atoms with E-state index in [0.29, 0.717) is 32.5 Å². The third kappa shape index (κ3) is 14.2. The van der Waals surface area contributed by atoms with E-state index in [1.807, 2.05) is 69.7 Å². The molecule has 18 atom stereocenters. The zero-order chi connectivity index (χ0) is 53.7. The molecule has 7 N–H and O–H groups in total. The molecule has 3 aliphatic rings. The van der Waals surface area contributed by atoms with Gasteiger partial charge in [0.2, 0.25) is 5.95 Å². The highest BCUT2D eigenvalue weighted by Gasteiger charge is 2.51. The average Bonchev–Trinajstić information content (AvgIpc) is 4.00. The van der Waals surface area contributed by atoms with E-state index in [-0.39, 0.29) is 43.8 Å². The quantitative estimate of drug-likeness (QED) is 0.119. The minimum Gasteiger partial charge on any atom is -0.459 e. The zero-order valence-corrected chi connectivity index (χ0v) is 46.1. The van der Waals surface area contributed by atoms with Gasteiger partial charge in [-0.3, -0.25) is 9.48 Å². The van der Waals surface area contributed by atoms with E-state index < -0.39 is 102 Å². The normalized spacial score (nSPS) is 38.7. The fourth-order valence-electron chi connectivity index (χ4n) is 11.3. The number of benzene rings is 1. The van der Waals surface area contributed by atoms with Gasteiger partial charge in [-0.25, -0.2) is 0 Å². The van der Waals surface area contributed by atoms with Gasteiger partial charge in [0.1, 0.15) is 35.0 Å². The van der Waals surface area contributed by atoms with Crippen molar-refractivity contribution in [3.8, 4) is 10.6 Å². The number of rotatable bonds is 15. The minimum atomic E-state index is -1.81. The van der Waals surface area contributed by atoms with Crippen molar-refractivity contribution in [3.63, 3.8) is 0 Å². The van der Waals surface area contributed by atoms with Crippen molar-refractivity contribution in [2.24, 2.45) is 23.7 Å². The summed E-state index contributed by atoms with van der Waals surface area (Å²) >= 11 is 1.27. The lowest BCUT2D eigenvalue weighted by atomic mass is 9.73. The fraction of sp³-hybridized carbons (Fsp3) is 0.788. The molecule has 0 amide bonds. The summed E-state index contributed by atoms with van der Waals surface area (Å²) in [6.45, 7) is 19.5. The number of methoxy groups -OCH3 is 1. The number of anilines is 1. The van der Waals surface area contributed by atoms with Crippen molar-refractivity contribution in [1.82, 2.24) is 34.2 Å². The lowest BCUT2D eigenvalue weighted by Crippen LogP contribution is -2.59. The third-order valence-corrected chi connectivity index (χ3v) is 16.9. The molecule has 5 heterocycles. The number of nitrogen functional groups attached to an aromatic ring is 1. The number of aryl methyl sites for hydroxylation is 2. The lowest BCUT2D eigenvalue weighted by molar-refractivity contribution is -0.302. The Hall–Kier alpha value is -3.29. The summed E-state index contributed by atoms with van der Waals surface area (Å²) < 4.78 is 43.9. The van der Waals surface area contributed by atoms with Gasteiger partial charge in [0.25, 0.3) is 0 Å². The van der Waals surface area contributed by atoms with Gasteiger partial charge in [-0.05, 0) is 110 Å². The van der Waals surface area contributed by atoms with Crippen molar-refractivity contribution < 1.29 is 58.7 Å². The van der Waals surface area contributed by atoms with Crippen molar-refractivity contribution in [3.05, 3.63) is 41.7 Å². The first-order valence-electron chi connectivity index (χ1n) is 26.1. The summed E-state index contributed by atoms with van der Waals surface area (Å²) in [4.78, 5) is 22.8. The molecule has 2 aromatic heterocycles. The Morgan fingerprint density at radius 3 is 2.33 bits per heavy atom. The number of aliphatic hydroxyl groups excluding tert-OH is 3. The first kappa shape index (κ1) is 59.0. The van der Waals surface area contributed by atoms with E-state index >= 15 is 0 Å². The molecule has 0 unspecified atom stereocenters. The van der Waals surface area contributed by atoms with Crippen LogP contribution in [0.3, 0.4) is 0 Å². The van der Waals surface area contributed by atoms with Gasteiger partial charge in [0.05, 0.1) is 47.7 Å². The summed E-state index contributed by atoms with van der Waals surface area (Å²) in [6, 6.07) is 7.20. The Bertz CT molecular complexity index is 2200. The highest BCUT2D eigenvalue weighted by atomic mass is 32.1. The van der Waals surface area contributed by atoms with Crippen LogP contribution < -0.4 is 5.73 Å². The predicted octanol–water partition coefficient (Wildman–Crippen LogP) is 3.70. The van der Waals surface area contributed by atoms with Gasteiger partial charge in [-0.15, -0.1) is 5.10 Å². The first-order valence-corrected chi connectivity index (χ1v) is 26.9. The number of carbonyl (C=O) groups excluding carboxylic acids is 1. The number of nitrogens with zero attached hydrogens (tertiary/aromatic N) is 7. The standard InChI is InChI=1S/C52H86N8O12S/c1-14-40-52(10,66)43(62)33(6)59(12)26-29(2)24-50(8,65)45(31(4)38(32(5)47(64)71-40)28-68-41-25-51(9,67-13)44(63)34(7)70-41)72-48-42(61)39(23-30(3)69-48)58(11)21-20-37-27-60(57-55-37)22-19-35-15-17-36(18-16-35)46-54-49(53)56-73-46/h15-18,27,29-34,38-45,48,61-63,65-66H,14,19-26,28H2,1-13H3,(H2,53,56)/t29-,30-,31+,32-,33-,34+,38+,39+,40-,41-,42-,43-,44+,45-,48+,50-,51-,52-/m1/s1. The molecular weight excluding hydrogens is 961 g/mol. The van der Waals surface area contributed by atoms with E-state index in [4.69, 9.17) is 34.2 Å². The Labute approximate surface area is 436 Å². The SMILES string of the molecule is CC[C@H]1OC(=O)[C@H](C)[C@@H](CO[C@H]2C[C@@](C)(OC)[C@@H](O)[C@H](C)O2)[C@H](C)[C@@H](O[C@@H]2O[C@H](C)C[C@H](N(C)CCc3cn(CCc4ccc(-c5nc(N)ns5)cc4)nn3)[C@H]2O)[C@](C)(O)C[C@@H](C)CN(C)[C@H](C)[C@@H](O)[C@]1(C)O. The van der Waals surface area contributed by atoms with Crippen LogP contribution in [0.2, 0.25) is 0 Å². The van der Waals surface area contributed by atoms with Crippen LogP contribution in [0.15, 0.2) is 30.5 Å². The average molecular weight is 1050 g/mol. The molecule has 0 bridgehead atoms. The summed E-state index contributed by atoms with van der Waals surface area (Å²) in [5.41, 5.74) is 4.26. The zero-order valence-electron chi connectivity index (χ0n) is 45.3. The molecular formula is C52H86N8O12S. The molecule has 412 valence electrons. The van der Waals surface area contributed by atoms with Gasteiger partial charge in [0, 0.05) is 69.3 Å². The first-order chi connectivity index (χ1) is 34.3. The second kappa shape index (κ2) is 24.8. The van der Waals surface area contributed by atoms with Crippen LogP contribution in [0.1, 0.15) is 106 Å². The minimum absolute atomic E-state index is 0.0679. The van der Waals surface area contributed by atoms with Crippen LogP contribution in [-0.4, -0.2) is 191 Å².